The van der Waals surface area contributed by atoms with Crippen molar-refractivity contribution in [1.29, 1.82) is 0 Å². The molecule has 5 heteroatoms. The molecule has 0 aliphatic rings. The van der Waals surface area contributed by atoms with Gasteiger partial charge in [-0.2, -0.15) is 0 Å². The Morgan fingerprint density at radius 3 is 2.35 bits per heavy atom. The maximum absolute atomic E-state index is 11.7. The summed E-state index contributed by atoms with van der Waals surface area (Å²) in [5, 5.41) is 17.9. The van der Waals surface area contributed by atoms with Crippen LogP contribution in [0.3, 0.4) is 0 Å². The quantitative estimate of drug-likeness (QED) is 0.756. The van der Waals surface area contributed by atoms with Crippen LogP contribution in [0.2, 0.25) is 0 Å². The van der Waals surface area contributed by atoms with Crippen molar-refractivity contribution < 1.29 is 19.8 Å². The SMILES string of the molecule is C=CCC(=O)N(CC(=O)O)c1ccc(O)cc1. The lowest BCUT2D eigenvalue weighted by molar-refractivity contribution is -0.136. The lowest BCUT2D eigenvalue weighted by Gasteiger charge is -2.20. The lowest BCUT2D eigenvalue weighted by Crippen LogP contribution is -2.35. The highest BCUT2D eigenvalue weighted by atomic mass is 16.4. The Kier molecular flexibility index (Phi) is 4.28. The number of benzene rings is 1. The van der Waals surface area contributed by atoms with E-state index >= 15 is 0 Å². The molecule has 0 aliphatic heterocycles. The summed E-state index contributed by atoms with van der Waals surface area (Å²) in [7, 11) is 0. The number of phenols is 1. The molecule has 90 valence electrons. The fraction of sp³-hybridized carbons (Fsp3) is 0.167. The molecule has 1 aromatic rings. The van der Waals surface area contributed by atoms with Crippen molar-refractivity contribution in [2.24, 2.45) is 0 Å². The molecule has 0 saturated carbocycles. The van der Waals surface area contributed by atoms with Gasteiger partial charge >= 0.3 is 5.97 Å². The molecule has 0 aliphatic carbocycles. The van der Waals surface area contributed by atoms with Gasteiger partial charge in [0.2, 0.25) is 5.91 Å². The van der Waals surface area contributed by atoms with Gasteiger partial charge in [0.25, 0.3) is 0 Å². The van der Waals surface area contributed by atoms with Crippen molar-refractivity contribution in [2.75, 3.05) is 11.4 Å². The molecule has 0 atom stereocenters. The Balaban J connectivity index is 2.96. The summed E-state index contributed by atoms with van der Waals surface area (Å²) in [5.74, 6) is -1.40. The smallest absolute Gasteiger partial charge is 0.323 e. The Morgan fingerprint density at radius 2 is 1.88 bits per heavy atom. The van der Waals surface area contributed by atoms with Gasteiger partial charge in [-0.3, -0.25) is 9.59 Å². The zero-order chi connectivity index (χ0) is 12.8. The van der Waals surface area contributed by atoms with Gasteiger partial charge in [-0.25, -0.2) is 0 Å². The maximum atomic E-state index is 11.7. The van der Waals surface area contributed by atoms with Gasteiger partial charge in [0.05, 0.1) is 0 Å². The number of carboxylic acid groups (broad SMARTS) is 1. The molecule has 5 nitrogen and oxygen atoms in total. The van der Waals surface area contributed by atoms with Crippen LogP contribution in [0.25, 0.3) is 0 Å². The summed E-state index contributed by atoms with van der Waals surface area (Å²) >= 11 is 0. The molecule has 0 saturated heterocycles. The molecule has 17 heavy (non-hydrogen) atoms. The summed E-state index contributed by atoms with van der Waals surface area (Å²) in [6.07, 6.45) is 1.48. The van der Waals surface area contributed by atoms with Crippen LogP contribution in [0, 0.1) is 0 Å². The number of anilines is 1. The first-order valence-electron chi connectivity index (χ1n) is 4.96. The molecule has 2 N–H and O–H groups in total. The third-order valence-electron chi connectivity index (χ3n) is 2.07. The van der Waals surface area contributed by atoms with Crippen LogP contribution < -0.4 is 4.90 Å². The summed E-state index contributed by atoms with van der Waals surface area (Å²) in [6.45, 7) is 3.02. The fourth-order valence-electron chi connectivity index (χ4n) is 1.32. The Hall–Kier alpha value is -2.30. The van der Waals surface area contributed by atoms with Gasteiger partial charge in [-0.15, -0.1) is 6.58 Å². The highest BCUT2D eigenvalue weighted by Gasteiger charge is 2.17. The van der Waals surface area contributed by atoms with E-state index in [1.165, 1.54) is 30.3 Å². The second kappa shape index (κ2) is 5.69. The molecule has 1 amide bonds. The van der Waals surface area contributed by atoms with Crippen LogP contribution in [-0.2, 0) is 9.59 Å². The predicted molar refractivity (Wildman–Crippen MR) is 62.9 cm³/mol. The van der Waals surface area contributed by atoms with Gasteiger partial charge in [-0.1, -0.05) is 6.08 Å². The van der Waals surface area contributed by atoms with Crippen LogP contribution in [0.15, 0.2) is 36.9 Å². The number of phenolic OH excluding ortho intramolecular Hbond substituents is 1. The molecule has 1 rings (SSSR count). The monoisotopic (exact) mass is 235 g/mol. The van der Waals surface area contributed by atoms with Crippen molar-refractivity contribution in [1.82, 2.24) is 0 Å². The van der Waals surface area contributed by atoms with Crippen LogP contribution in [-0.4, -0.2) is 28.6 Å². The minimum absolute atomic E-state index is 0.0557. The first-order valence-corrected chi connectivity index (χ1v) is 4.96. The normalized spacial score (nSPS) is 9.65. The Labute approximate surface area is 98.6 Å². The molecule has 0 aromatic heterocycles. The van der Waals surface area contributed by atoms with Crippen LogP contribution in [0.1, 0.15) is 6.42 Å². The number of carboxylic acids is 1. The minimum Gasteiger partial charge on any atom is -0.508 e. The summed E-state index contributed by atoms with van der Waals surface area (Å²) in [4.78, 5) is 23.5. The number of carbonyl (C=O) groups excluding carboxylic acids is 1. The predicted octanol–water partition coefficient (Wildman–Crippen LogP) is 1.39. The second-order valence-electron chi connectivity index (χ2n) is 3.38. The van der Waals surface area contributed by atoms with E-state index < -0.39 is 12.5 Å². The van der Waals surface area contributed by atoms with Gasteiger partial charge in [0.15, 0.2) is 0 Å². The number of hydrogen-bond acceptors (Lipinski definition) is 3. The lowest BCUT2D eigenvalue weighted by atomic mass is 10.2. The highest BCUT2D eigenvalue weighted by Crippen LogP contribution is 2.19. The van der Waals surface area contributed by atoms with E-state index in [2.05, 4.69) is 6.58 Å². The van der Waals surface area contributed by atoms with E-state index in [9.17, 15) is 9.59 Å². The van der Waals surface area contributed by atoms with E-state index in [4.69, 9.17) is 10.2 Å². The van der Waals surface area contributed by atoms with Crippen molar-refractivity contribution >= 4 is 17.6 Å². The van der Waals surface area contributed by atoms with Gasteiger partial charge in [0, 0.05) is 12.1 Å². The zero-order valence-electron chi connectivity index (χ0n) is 9.17. The molecule has 0 heterocycles. The number of carbonyl (C=O) groups is 2. The van der Waals surface area contributed by atoms with Gasteiger partial charge in [0.1, 0.15) is 12.3 Å². The fourth-order valence-corrected chi connectivity index (χ4v) is 1.32. The zero-order valence-corrected chi connectivity index (χ0v) is 9.17. The van der Waals surface area contributed by atoms with Gasteiger partial charge < -0.3 is 15.1 Å². The number of nitrogens with zero attached hydrogens (tertiary/aromatic N) is 1. The number of rotatable bonds is 5. The molecule has 0 spiro atoms. The Morgan fingerprint density at radius 1 is 1.29 bits per heavy atom. The van der Waals surface area contributed by atoms with Crippen LogP contribution in [0.5, 0.6) is 5.75 Å². The minimum atomic E-state index is -1.10. The average molecular weight is 235 g/mol. The van der Waals surface area contributed by atoms with E-state index in [0.29, 0.717) is 5.69 Å². The molecule has 0 unspecified atom stereocenters. The van der Waals surface area contributed by atoms with Gasteiger partial charge in [-0.05, 0) is 24.3 Å². The first kappa shape index (κ1) is 12.8. The molecule has 0 fully saturated rings. The topological polar surface area (TPSA) is 77.8 Å². The highest BCUT2D eigenvalue weighted by molar-refractivity contribution is 5.98. The third kappa shape index (κ3) is 3.64. The van der Waals surface area contributed by atoms with Crippen molar-refractivity contribution in [2.45, 2.75) is 6.42 Å². The summed E-state index contributed by atoms with van der Waals surface area (Å²) in [5.41, 5.74) is 0.428. The van der Waals surface area contributed by atoms with Crippen LogP contribution >= 0.6 is 0 Å². The largest absolute Gasteiger partial charge is 0.508 e. The average Bonchev–Trinajstić information content (AvgIpc) is 2.27. The van der Waals surface area contributed by atoms with Crippen LogP contribution in [0.4, 0.5) is 5.69 Å². The van der Waals surface area contributed by atoms with E-state index in [-0.39, 0.29) is 18.1 Å². The first-order chi connectivity index (χ1) is 8.04. The van der Waals surface area contributed by atoms with E-state index in [1.54, 1.807) is 0 Å². The second-order valence-corrected chi connectivity index (χ2v) is 3.38. The Bertz CT molecular complexity index is 425. The molecule has 0 radical (unpaired) electrons. The molecular weight excluding hydrogens is 222 g/mol. The summed E-state index contributed by atoms with van der Waals surface area (Å²) in [6, 6.07) is 5.76. The third-order valence-corrected chi connectivity index (χ3v) is 2.07. The number of hydrogen-bond donors (Lipinski definition) is 2. The summed E-state index contributed by atoms with van der Waals surface area (Å²) < 4.78 is 0. The number of amides is 1. The number of aliphatic carboxylic acids is 1. The maximum Gasteiger partial charge on any atom is 0.323 e. The van der Waals surface area contributed by atoms with Crippen molar-refractivity contribution in [3.05, 3.63) is 36.9 Å². The molecule has 1 aromatic carbocycles. The van der Waals surface area contributed by atoms with Crippen molar-refractivity contribution in [3.8, 4) is 5.75 Å². The van der Waals surface area contributed by atoms with Crippen molar-refractivity contribution in [3.63, 3.8) is 0 Å². The molecule has 0 bridgehead atoms. The number of aromatic hydroxyl groups is 1. The standard InChI is InChI=1S/C12H13NO4/c1-2-3-11(15)13(8-12(16)17)9-4-6-10(14)7-5-9/h2,4-7,14H,1,3,8H2,(H,16,17). The van der Waals surface area contributed by atoms with E-state index in [1.807, 2.05) is 0 Å². The van der Waals surface area contributed by atoms with E-state index in [0.717, 1.165) is 4.90 Å². The molecular formula is C12H13NO4.